The molecular weight excluding hydrogens is 244 g/mol. The first-order valence-electron chi connectivity index (χ1n) is 6.75. The van der Waals surface area contributed by atoms with Gasteiger partial charge in [-0.1, -0.05) is 12.8 Å². The van der Waals surface area contributed by atoms with Crippen LogP contribution >= 0.6 is 11.3 Å². The van der Waals surface area contributed by atoms with Gasteiger partial charge in [-0.25, -0.2) is 0 Å². The first-order valence-corrected chi connectivity index (χ1v) is 7.69. The van der Waals surface area contributed by atoms with Gasteiger partial charge in [-0.05, 0) is 49.1 Å². The van der Waals surface area contributed by atoms with Crippen molar-refractivity contribution in [3.05, 3.63) is 22.4 Å². The molecule has 1 amide bonds. The SMILES string of the molecule is CC(NC(C)c1ccsc1)C(=O)NC1CCCC1. The Morgan fingerprint density at radius 3 is 2.72 bits per heavy atom. The molecule has 18 heavy (non-hydrogen) atoms. The molecule has 1 aliphatic carbocycles. The molecule has 1 aromatic rings. The van der Waals surface area contributed by atoms with Crippen LogP contribution in [0.4, 0.5) is 0 Å². The molecule has 1 heterocycles. The maximum absolute atomic E-state index is 12.0. The maximum Gasteiger partial charge on any atom is 0.237 e. The third-order valence-electron chi connectivity index (χ3n) is 3.64. The largest absolute Gasteiger partial charge is 0.352 e. The topological polar surface area (TPSA) is 41.1 Å². The quantitative estimate of drug-likeness (QED) is 0.860. The molecule has 0 aromatic carbocycles. The number of amides is 1. The Balaban J connectivity index is 1.79. The summed E-state index contributed by atoms with van der Waals surface area (Å²) in [6.07, 6.45) is 4.77. The van der Waals surface area contributed by atoms with Gasteiger partial charge in [0.25, 0.3) is 0 Å². The standard InChI is InChI=1S/C14H22N2OS/c1-10(12-7-8-18-9-12)15-11(2)14(17)16-13-5-3-4-6-13/h7-11,13,15H,3-6H2,1-2H3,(H,16,17). The summed E-state index contributed by atoms with van der Waals surface area (Å²) in [6, 6.07) is 2.59. The number of hydrogen-bond acceptors (Lipinski definition) is 3. The second kappa shape index (κ2) is 6.34. The number of thiophene rings is 1. The van der Waals surface area contributed by atoms with Crippen molar-refractivity contribution in [1.82, 2.24) is 10.6 Å². The molecule has 1 saturated carbocycles. The molecular formula is C14H22N2OS. The van der Waals surface area contributed by atoms with Crippen molar-refractivity contribution >= 4 is 17.2 Å². The first-order chi connectivity index (χ1) is 8.66. The number of hydrogen-bond donors (Lipinski definition) is 2. The van der Waals surface area contributed by atoms with E-state index in [1.54, 1.807) is 11.3 Å². The van der Waals surface area contributed by atoms with E-state index in [0.717, 1.165) is 12.8 Å². The minimum Gasteiger partial charge on any atom is -0.352 e. The molecule has 2 N–H and O–H groups in total. The van der Waals surface area contributed by atoms with Crippen LogP contribution in [0.15, 0.2) is 16.8 Å². The summed E-state index contributed by atoms with van der Waals surface area (Å²) >= 11 is 1.69. The third kappa shape index (κ3) is 3.56. The zero-order chi connectivity index (χ0) is 13.0. The van der Waals surface area contributed by atoms with E-state index in [2.05, 4.69) is 34.4 Å². The number of carbonyl (C=O) groups excluding carboxylic acids is 1. The van der Waals surface area contributed by atoms with Crippen LogP contribution in [0.3, 0.4) is 0 Å². The van der Waals surface area contributed by atoms with Crippen LogP contribution in [0.5, 0.6) is 0 Å². The Morgan fingerprint density at radius 1 is 1.39 bits per heavy atom. The summed E-state index contributed by atoms with van der Waals surface area (Å²) in [5.74, 6) is 0.129. The van der Waals surface area contributed by atoms with E-state index in [0.29, 0.717) is 6.04 Å². The molecule has 2 atom stereocenters. The van der Waals surface area contributed by atoms with Gasteiger partial charge >= 0.3 is 0 Å². The highest BCUT2D eigenvalue weighted by molar-refractivity contribution is 7.07. The molecule has 100 valence electrons. The summed E-state index contributed by atoms with van der Waals surface area (Å²) in [5, 5.41) is 10.7. The maximum atomic E-state index is 12.0. The Hall–Kier alpha value is -0.870. The van der Waals surface area contributed by atoms with E-state index in [1.165, 1.54) is 18.4 Å². The molecule has 4 heteroatoms. The Kier molecular flexibility index (Phi) is 4.78. The van der Waals surface area contributed by atoms with E-state index >= 15 is 0 Å². The van der Waals surface area contributed by atoms with Gasteiger partial charge in [-0.3, -0.25) is 10.1 Å². The lowest BCUT2D eigenvalue weighted by Gasteiger charge is -2.21. The predicted octanol–water partition coefficient (Wildman–Crippen LogP) is 2.85. The molecule has 1 aliphatic rings. The molecule has 0 bridgehead atoms. The minimum absolute atomic E-state index is 0.129. The van der Waals surface area contributed by atoms with Crippen LogP contribution in [0.1, 0.15) is 51.1 Å². The molecule has 3 nitrogen and oxygen atoms in total. The summed E-state index contributed by atoms with van der Waals surface area (Å²) in [4.78, 5) is 12.0. The average molecular weight is 266 g/mol. The van der Waals surface area contributed by atoms with Gasteiger partial charge in [0.15, 0.2) is 0 Å². The minimum atomic E-state index is -0.138. The third-order valence-corrected chi connectivity index (χ3v) is 4.34. The second-order valence-corrected chi connectivity index (χ2v) is 5.94. The van der Waals surface area contributed by atoms with Crippen molar-refractivity contribution in [2.24, 2.45) is 0 Å². The van der Waals surface area contributed by atoms with Crippen LogP contribution in [-0.4, -0.2) is 18.0 Å². The van der Waals surface area contributed by atoms with Crippen LogP contribution in [-0.2, 0) is 4.79 Å². The van der Waals surface area contributed by atoms with Crippen molar-refractivity contribution < 1.29 is 4.79 Å². The average Bonchev–Trinajstić information content (AvgIpc) is 3.01. The number of nitrogens with one attached hydrogen (secondary N) is 2. The highest BCUT2D eigenvalue weighted by atomic mass is 32.1. The lowest BCUT2D eigenvalue weighted by molar-refractivity contribution is -0.123. The van der Waals surface area contributed by atoms with Gasteiger partial charge < -0.3 is 5.32 Å². The van der Waals surface area contributed by atoms with Crippen molar-refractivity contribution in [2.75, 3.05) is 0 Å². The summed E-state index contributed by atoms with van der Waals surface area (Å²) in [5.41, 5.74) is 1.25. The van der Waals surface area contributed by atoms with Crippen molar-refractivity contribution in [3.8, 4) is 0 Å². The van der Waals surface area contributed by atoms with E-state index in [-0.39, 0.29) is 18.0 Å². The number of rotatable bonds is 5. The predicted molar refractivity (Wildman–Crippen MR) is 75.7 cm³/mol. The zero-order valence-corrected chi connectivity index (χ0v) is 11.9. The fourth-order valence-corrected chi connectivity index (χ4v) is 3.22. The molecule has 0 saturated heterocycles. The first kappa shape index (κ1) is 13.6. The van der Waals surface area contributed by atoms with E-state index < -0.39 is 0 Å². The van der Waals surface area contributed by atoms with Crippen molar-refractivity contribution in [2.45, 2.75) is 57.7 Å². The van der Waals surface area contributed by atoms with Gasteiger partial charge in [0, 0.05) is 12.1 Å². The Bertz CT molecular complexity index is 371. The Labute approximate surface area is 113 Å². The summed E-state index contributed by atoms with van der Waals surface area (Å²) in [7, 11) is 0. The molecule has 2 unspecified atom stereocenters. The second-order valence-electron chi connectivity index (χ2n) is 5.16. The summed E-state index contributed by atoms with van der Waals surface area (Å²) < 4.78 is 0. The molecule has 2 rings (SSSR count). The van der Waals surface area contributed by atoms with Gasteiger partial charge in [0.2, 0.25) is 5.91 Å². The lowest BCUT2D eigenvalue weighted by atomic mass is 10.1. The summed E-state index contributed by atoms with van der Waals surface area (Å²) in [6.45, 7) is 4.04. The molecule has 0 radical (unpaired) electrons. The lowest BCUT2D eigenvalue weighted by Crippen LogP contribution is -2.46. The normalized spacial score (nSPS) is 19.7. The molecule has 1 fully saturated rings. The molecule has 0 spiro atoms. The van der Waals surface area contributed by atoms with Crippen LogP contribution in [0, 0.1) is 0 Å². The van der Waals surface area contributed by atoms with Crippen LogP contribution in [0.2, 0.25) is 0 Å². The highest BCUT2D eigenvalue weighted by Crippen LogP contribution is 2.18. The fourth-order valence-electron chi connectivity index (χ4n) is 2.46. The number of carbonyl (C=O) groups is 1. The van der Waals surface area contributed by atoms with Gasteiger partial charge in [0.05, 0.1) is 6.04 Å². The van der Waals surface area contributed by atoms with Gasteiger partial charge in [0.1, 0.15) is 0 Å². The smallest absolute Gasteiger partial charge is 0.237 e. The molecule has 0 aliphatic heterocycles. The van der Waals surface area contributed by atoms with Gasteiger partial charge in [-0.15, -0.1) is 0 Å². The Morgan fingerprint density at radius 2 is 2.11 bits per heavy atom. The van der Waals surface area contributed by atoms with E-state index in [4.69, 9.17) is 0 Å². The zero-order valence-electron chi connectivity index (χ0n) is 11.1. The van der Waals surface area contributed by atoms with Crippen LogP contribution in [0.25, 0.3) is 0 Å². The van der Waals surface area contributed by atoms with Crippen LogP contribution < -0.4 is 10.6 Å². The van der Waals surface area contributed by atoms with Crippen molar-refractivity contribution in [1.29, 1.82) is 0 Å². The monoisotopic (exact) mass is 266 g/mol. The van der Waals surface area contributed by atoms with Gasteiger partial charge in [-0.2, -0.15) is 11.3 Å². The van der Waals surface area contributed by atoms with Crippen molar-refractivity contribution in [3.63, 3.8) is 0 Å². The van der Waals surface area contributed by atoms with E-state index in [1.807, 2.05) is 6.92 Å². The highest BCUT2D eigenvalue weighted by Gasteiger charge is 2.21. The fraction of sp³-hybridized carbons (Fsp3) is 0.643. The van der Waals surface area contributed by atoms with E-state index in [9.17, 15) is 4.79 Å². The molecule has 1 aromatic heterocycles.